The molecule has 19 heavy (non-hydrogen) atoms. The number of rotatable bonds is 2. The molecule has 2 unspecified atom stereocenters. The molecule has 2 fully saturated rings. The van der Waals surface area contributed by atoms with Gasteiger partial charge in [-0.2, -0.15) is 0 Å². The van der Waals surface area contributed by atoms with E-state index >= 15 is 0 Å². The Morgan fingerprint density at radius 1 is 1.42 bits per heavy atom. The molecule has 0 radical (unpaired) electrons. The molecule has 1 heterocycles. The highest BCUT2D eigenvalue weighted by molar-refractivity contribution is 7.95. The quantitative estimate of drug-likeness (QED) is 0.775. The second kappa shape index (κ2) is 3.86. The number of hydrogen-bond acceptors (Lipinski definition) is 4. The number of esters is 1. The van der Waals surface area contributed by atoms with E-state index in [0.717, 1.165) is 0 Å². The van der Waals surface area contributed by atoms with Gasteiger partial charge in [-0.3, -0.25) is 9.10 Å². The van der Waals surface area contributed by atoms with Crippen LogP contribution in [0, 0.1) is 5.92 Å². The van der Waals surface area contributed by atoms with Gasteiger partial charge in [0.2, 0.25) is 0 Å². The third-order valence-electron chi connectivity index (χ3n) is 3.83. The molecule has 7 heteroatoms. The SMILES string of the molecule is COC(=O)C12CC1CN(c1ccc(Cl)cc1)S2(=O)=O. The maximum atomic E-state index is 12.5. The Balaban J connectivity index is 2.00. The predicted molar refractivity (Wildman–Crippen MR) is 70.6 cm³/mol. The summed E-state index contributed by atoms with van der Waals surface area (Å²) in [6.45, 7) is 0.319. The van der Waals surface area contributed by atoms with E-state index in [-0.39, 0.29) is 5.92 Å². The molecule has 1 aromatic rings. The van der Waals surface area contributed by atoms with Crippen LogP contribution in [0.1, 0.15) is 6.42 Å². The van der Waals surface area contributed by atoms with Crippen molar-refractivity contribution in [2.24, 2.45) is 5.92 Å². The molecule has 1 saturated heterocycles. The zero-order valence-electron chi connectivity index (χ0n) is 10.2. The first-order valence-corrected chi connectivity index (χ1v) is 7.61. The van der Waals surface area contributed by atoms with E-state index in [9.17, 15) is 13.2 Å². The van der Waals surface area contributed by atoms with Crippen molar-refractivity contribution in [3.63, 3.8) is 0 Å². The molecular weight excluding hydrogens is 290 g/mol. The second-order valence-corrected chi connectivity index (χ2v) is 7.35. The number of halogens is 1. The van der Waals surface area contributed by atoms with E-state index in [1.54, 1.807) is 24.3 Å². The Kier molecular flexibility index (Phi) is 2.59. The van der Waals surface area contributed by atoms with Gasteiger partial charge in [-0.1, -0.05) is 11.6 Å². The molecule has 1 aliphatic carbocycles. The van der Waals surface area contributed by atoms with Crippen molar-refractivity contribution >= 4 is 33.3 Å². The van der Waals surface area contributed by atoms with Crippen LogP contribution in [0.2, 0.25) is 5.02 Å². The normalized spacial score (nSPS) is 30.8. The lowest BCUT2D eigenvalue weighted by Gasteiger charge is -2.22. The highest BCUT2D eigenvalue weighted by Crippen LogP contribution is 2.58. The molecule has 2 aliphatic rings. The Labute approximate surface area is 116 Å². The highest BCUT2D eigenvalue weighted by Gasteiger charge is 2.76. The fourth-order valence-corrected chi connectivity index (χ4v) is 5.21. The van der Waals surface area contributed by atoms with Gasteiger partial charge in [0.1, 0.15) is 0 Å². The summed E-state index contributed by atoms with van der Waals surface area (Å²) in [5.41, 5.74) is 0.528. The number of ether oxygens (including phenoxy) is 1. The van der Waals surface area contributed by atoms with Gasteiger partial charge in [-0.15, -0.1) is 0 Å². The van der Waals surface area contributed by atoms with Crippen LogP contribution in [0.3, 0.4) is 0 Å². The zero-order valence-corrected chi connectivity index (χ0v) is 11.7. The summed E-state index contributed by atoms with van der Waals surface area (Å²) < 4.78 is 29.6. The van der Waals surface area contributed by atoms with Crippen molar-refractivity contribution in [3.8, 4) is 0 Å². The monoisotopic (exact) mass is 301 g/mol. The smallest absolute Gasteiger partial charge is 0.329 e. The molecule has 1 aliphatic heterocycles. The van der Waals surface area contributed by atoms with Gasteiger partial charge in [-0.05, 0) is 30.7 Å². The third-order valence-corrected chi connectivity index (χ3v) is 6.61. The van der Waals surface area contributed by atoms with E-state index in [4.69, 9.17) is 11.6 Å². The average molecular weight is 302 g/mol. The lowest BCUT2D eigenvalue weighted by Crippen LogP contribution is -2.40. The van der Waals surface area contributed by atoms with Crippen LogP contribution in [0.4, 0.5) is 5.69 Å². The van der Waals surface area contributed by atoms with Crippen LogP contribution in [0.5, 0.6) is 0 Å². The number of carbonyl (C=O) groups excluding carboxylic acids is 1. The van der Waals surface area contributed by atoms with Crippen LogP contribution in [-0.2, 0) is 19.6 Å². The average Bonchev–Trinajstić information content (AvgIpc) is 3.07. The van der Waals surface area contributed by atoms with E-state index in [1.807, 2.05) is 0 Å². The van der Waals surface area contributed by atoms with E-state index in [1.165, 1.54) is 11.4 Å². The van der Waals surface area contributed by atoms with E-state index in [2.05, 4.69) is 4.74 Å². The first-order valence-electron chi connectivity index (χ1n) is 5.80. The van der Waals surface area contributed by atoms with Crippen LogP contribution >= 0.6 is 11.6 Å². The second-order valence-electron chi connectivity index (χ2n) is 4.79. The number of nitrogens with zero attached hydrogens (tertiary/aromatic N) is 1. The number of sulfonamides is 1. The largest absolute Gasteiger partial charge is 0.468 e. The van der Waals surface area contributed by atoms with Gasteiger partial charge in [0, 0.05) is 17.5 Å². The van der Waals surface area contributed by atoms with Crippen LogP contribution in [0.15, 0.2) is 24.3 Å². The summed E-state index contributed by atoms with van der Waals surface area (Å²) >= 11 is 5.79. The third kappa shape index (κ3) is 1.53. The van der Waals surface area contributed by atoms with Crippen molar-refractivity contribution in [1.29, 1.82) is 0 Å². The number of benzene rings is 1. The lowest BCUT2D eigenvalue weighted by atomic mass is 10.3. The van der Waals surface area contributed by atoms with Crippen molar-refractivity contribution in [2.45, 2.75) is 11.2 Å². The molecule has 1 saturated carbocycles. The van der Waals surface area contributed by atoms with Gasteiger partial charge in [0.25, 0.3) is 10.0 Å². The van der Waals surface area contributed by atoms with Crippen LogP contribution in [-0.4, -0.2) is 32.8 Å². The van der Waals surface area contributed by atoms with Gasteiger partial charge in [0.05, 0.1) is 12.8 Å². The molecule has 102 valence electrons. The molecule has 3 rings (SSSR count). The summed E-state index contributed by atoms with van der Waals surface area (Å²) in [5.74, 6) is -0.838. The molecule has 0 spiro atoms. The Morgan fingerprint density at radius 3 is 2.63 bits per heavy atom. The Hall–Kier alpha value is -1.27. The minimum Gasteiger partial charge on any atom is -0.468 e. The molecule has 0 aromatic heterocycles. The highest BCUT2D eigenvalue weighted by atomic mass is 35.5. The van der Waals surface area contributed by atoms with Gasteiger partial charge in [0.15, 0.2) is 4.75 Å². The first kappa shape index (κ1) is 12.7. The van der Waals surface area contributed by atoms with Gasteiger partial charge >= 0.3 is 5.97 Å². The lowest BCUT2D eigenvalue weighted by molar-refractivity contribution is -0.141. The summed E-state index contributed by atoms with van der Waals surface area (Å²) in [6, 6.07) is 6.52. The maximum absolute atomic E-state index is 12.5. The fraction of sp³-hybridized carbons (Fsp3) is 0.417. The minimum absolute atomic E-state index is 0.180. The van der Waals surface area contributed by atoms with E-state index < -0.39 is 20.7 Å². The number of fused-ring (bicyclic) bond motifs is 1. The fourth-order valence-electron chi connectivity index (χ4n) is 2.71. The number of anilines is 1. The van der Waals surface area contributed by atoms with E-state index in [0.29, 0.717) is 23.7 Å². The van der Waals surface area contributed by atoms with Crippen molar-refractivity contribution in [2.75, 3.05) is 18.0 Å². The molecule has 0 N–H and O–H groups in total. The molecule has 0 bridgehead atoms. The minimum atomic E-state index is -3.71. The molecule has 5 nitrogen and oxygen atoms in total. The summed E-state index contributed by atoms with van der Waals surface area (Å²) in [4.78, 5) is 11.8. The maximum Gasteiger partial charge on any atom is 0.329 e. The molecule has 1 aromatic carbocycles. The van der Waals surface area contributed by atoms with Crippen molar-refractivity contribution in [1.82, 2.24) is 0 Å². The number of methoxy groups -OCH3 is 1. The van der Waals surface area contributed by atoms with Crippen molar-refractivity contribution < 1.29 is 17.9 Å². The molecular formula is C12H12ClNO4S. The Morgan fingerprint density at radius 2 is 2.05 bits per heavy atom. The summed E-state index contributed by atoms with van der Waals surface area (Å²) in [6.07, 6.45) is 0.353. The predicted octanol–water partition coefficient (Wildman–Crippen LogP) is 1.42. The summed E-state index contributed by atoms with van der Waals surface area (Å²) in [5, 5.41) is 0.535. The van der Waals surface area contributed by atoms with Gasteiger partial charge < -0.3 is 4.74 Å². The topological polar surface area (TPSA) is 63.7 Å². The van der Waals surface area contributed by atoms with Crippen LogP contribution < -0.4 is 4.31 Å². The van der Waals surface area contributed by atoms with Crippen molar-refractivity contribution in [3.05, 3.63) is 29.3 Å². The Bertz CT molecular complexity index is 642. The number of carbonyl (C=O) groups is 1. The first-order chi connectivity index (χ1) is 8.93. The zero-order chi connectivity index (χ0) is 13.8. The molecule has 0 amide bonds. The van der Waals surface area contributed by atoms with Crippen LogP contribution in [0.25, 0.3) is 0 Å². The van der Waals surface area contributed by atoms with Gasteiger partial charge in [-0.25, -0.2) is 8.42 Å². The molecule has 2 atom stereocenters. The number of hydrogen-bond donors (Lipinski definition) is 0. The standard InChI is InChI=1S/C12H12ClNO4S/c1-18-11(15)12-6-8(12)7-14(19(12,16)17)10-4-2-9(13)3-5-10/h2-5,8H,6-7H2,1H3. The summed E-state index contributed by atoms with van der Waals surface area (Å²) in [7, 11) is -2.50.